The molecule has 21 heavy (non-hydrogen) atoms. The first-order valence-corrected chi connectivity index (χ1v) is 7.35. The summed E-state index contributed by atoms with van der Waals surface area (Å²) in [5.74, 6) is -0.593. The van der Waals surface area contributed by atoms with Gasteiger partial charge in [-0.15, -0.1) is 0 Å². The van der Waals surface area contributed by atoms with Crippen LogP contribution in [0.25, 0.3) is 0 Å². The van der Waals surface area contributed by atoms with Gasteiger partial charge < -0.3 is 9.47 Å². The van der Waals surface area contributed by atoms with E-state index in [1.807, 2.05) is 6.08 Å². The first-order chi connectivity index (χ1) is 9.97. The van der Waals surface area contributed by atoms with Gasteiger partial charge in [0.2, 0.25) is 0 Å². The number of hydrogen-bond donors (Lipinski definition) is 0. The zero-order chi connectivity index (χ0) is 15.4. The van der Waals surface area contributed by atoms with Gasteiger partial charge in [0.05, 0.1) is 0 Å². The molecule has 1 aliphatic carbocycles. The van der Waals surface area contributed by atoms with Gasteiger partial charge in [-0.25, -0.2) is 4.79 Å². The highest BCUT2D eigenvalue weighted by Crippen LogP contribution is 2.34. The van der Waals surface area contributed by atoms with E-state index in [-0.39, 0.29) is 30.6 Å². The minimum atomic E-state index is -0.311. The summed E-state index contributed by atoms with van der Waals surface area (Å²) >= 11 is 0. The van der Waals surface area contributed by atoms with Crippen molar-refractivity contribution in [3.63, 3.8) is 0 Å². The lowest BCUT2D eigenvalue weighted by molar-refractivity contribution is -0.140. The number of hydrogen-bond acceptors (Lipinski definition) is 4. The molecule has 1 heterocycles. The molecule has 2 aliphatic rings. The molecule has 1 saturated heterocycles. The molecule has 0 radical (unpaired) electrons. The van der Waals surface area contributed by atoms with Gasteiger partial charge >= 0.3 is 11.9 Å². The lowest BCUT2D eigenvalue weighted by Crippen LogP contribution is -2.17. The molecule has 0 saturated carbocycles. The highest BCUT2D eigenvalue weighted by atomic mass is 16.6. The number of ether oxygens (including phenoxy) is 2. The number of carbonyl (C=O) groups excluding carboxylic acids is 2. The van der Waals surface area contributed by atoms with Crippen LogP contribution in [0.1, 0.15) is 39.5 Å². The fourth-order valence-electron chi connectivity index (χ4n) is 2.74. The van der Waals surface area contributed by atoms with E-state index < -0.39 is 0 Å². The standard InChI is InChI=1S/C17H22O4/c1-11-5-4-6-14(10-20-13(3)18)9-16-15(8-7-11)12(2)17(19)21-16/h5,9,15-16H,2,4,6-8,10H2,1,3H3/b11-5-,14-9-. The van der Waals surface area contributed by atoms with Gasteiger partial charge in [-0.3, -0.25) is 4.79 Å². The van der Waals surface area contributed by atoms with Crippen molar-refractivity contribution in [1.82, 2.24) is 0 Å². The van der Waals surface area contributed by atoms with E-state index in [4.69, 9.17) is 9.47 Å². The Hall–Kier alpha value is -1.84. The van der Waals surface area contributed by atoms with Crippen molar-refractivity contribution in [2.75, 3.05) is 6.61 Å². The molecule has 0 N–H and O–H groups in total. The number of esters is 2. The Morgan fingerprint density at radius 2 is 2.24 bits per heavy atom. The Kier molecular flexibility index (Phi) is 4.99. The quantitative estimate of drug-likeness (QED) is 0.445. The summed E-state index contributed by atoms with van der Waals surface area (Å²) < 4.78 is 10.5. The zero-order valence-electron chi connectivity index (χ0n) is 12.7. The van der Waals surface area contributed by atoms with E-state index in [1.54, 1.807) is 0 Å². The van der Waals surface area contributed by atoms with Crippen LogP contribution in [-0.2, 0) is 19.1 Å². The lowest BCUT2D eigenvalue weighted by Gasteiger charge is -2.18. The molecule has 0 bridgehead atoms. The molecule has 0 aromatic heterocycles. The third-order valence-electron chi connectivity index (χ3n) is 4.02. The number of fused-ring (bicyclic) bond motifs is 1. The Balaban J connectivity index is 2.20. The summed E-state index contributed by atoms with van der Waals surface area (Å²) in [5, 5.41) is 0. The van der Waals surface area contributed by atoms with Gasteiger partial charge in [0.15, 0.2) is 0 Å². The molecule has 0 aromatic rings. The van der Waals surface area contributed by atoms with Crippen LogP contribution in [-0.4, -0.2) is 24.6 Å². The van der Waals surface area contributed by atoms with Crippen LogP contribution in [0.2, 0.25) is 0 Å². The van der Waals surface area contributed by atoms with Gasteiger partial charge in [-0.1, -0.05) is 18.2 Å². The van der Waals surface area contributed by atoms with E-state index in [0.717, 1.165) is 31.3 Å². The molecule has 0 spiro atoms. The van der Waals surface area contributed by atoms with Crippen molar-refractivity contribution in [3.05, 3.63) is 35.5 Å². The summed E-state index contributed by atoms with van der Waals surface area (Å²) in [6.45, 7) is 7.62. The fourth-order valence-corrected chi connectivity index (χ4v) is 2.74. The average Bonchev–Trinajstić information content (AvgIpc) is 2.69. The molecule has 1 fully saturated rings. The van der Waals surface area contributed by atoms with Gasteiger partial charge in [0.1, 0.15) is 12.7 Å². The maximum atomic E-state index is 11.7. The molecule has 114 valence electrons. The van der Waals surface area contributed by atoms with Crippen molar-refractivity contribution in [2.45, 2.75) is 45.6 Å². The topological polar surface area (TPSA) is 52.6 Å². The summed E-state index contributed by atoms with van der Waals surface area (Å²) in [6.07, 6.45) is 7.39. The monoisotopic (exact) mass is 290 g/mol. The van der Waals surface area contributed by atoms with E-state index in [1.165, 1.54) is 12.5 Å². The van der Waals surface area contributed by atoms with E-state index in [2.05, 4.69) is 19.6 Å². The second-order valence-electron chi connectivity index (χ2n) is 5.73. The molecule has 2 atom stereocenters. The van der Waals surface area contributed by atoms with Crippen LogP contribution in [0.15, 0.2) is 35.5 Å². The highest BCUT2D eigenvalue weighted by molar-refractivity contribution is 5.91. The van der Waals surface area contributed by atoms with Crippen molar-refractivity contribution in [2.24, 2.45) is 5.92 Å². The van der Waals surface area contributed by atoms with Crippen molar-refractivity contribution in [1.29, 1.82) is 0 Å². The highest BCUT2D eigenvalue weighted by Gasteiger charge is 2.37. The lowest BCUT2D eigenvalue weighted by atomic mass is 9.88. The van der Waals surface area contributed by atoms with Crippen LogP contribution < -0.4 is 0 Å². The predicted octanol–water partition coefficient (Wildman–Crippen LogP) is 3.09. The molecule has 4 nitrogen and oxygen atoms in total. The second kappa shape index (κ2) is 6.74. The van der Waals surface area contributed by atoms with E-state index in [0.29, 0.717) is 5.57 Å². The molecule has 2 rings (SSSR count). The molecule has 0 amide bonds. The van der Waals surface area contributed by atoms with Gasteiger partial charge in [0, 0.05) is 18.4 Å². The Labute approximate surface area is 125 Å². The van der Waals surface area contributed by atoms with Crippen LogP contribution in [0.4, 0.5) is 0 Å². The second-order valence-corrected chi connectivity index (χ2v) is 5.73. The smallest absolute Gasteiger partial charge is 0.334 e. The maximum Gasteiger partial charge on any atom is 0.334 e. The summed E-state index contributed by atoms with van der Waals surface area (Å²) in [6, 6.07) is 0. The predicted molar refractivity (Wildman–Crippen MR) is 79.5 cm³/mol. The maximum absolute atomic E-state index is 11.7. The summed E-state index contributed by atoms with van der Waals surface area (Å²) in [4.78, 5) is 22.7. The number of carbonyl (C=O) groups is 2. The van der Waals surface area contributed by atoms with Crippen molar-refractivity contribution >= 4 is 11.9 Å². The van der Waals surface area contributed by atoms with E-state index in [9.17, 15) is 9.59 Å². The first-order valence-electron chi connectivity index (χ1n) is 7.35. The SMILES string of the molecule is C=C1C(=O)OC2/C=C(\COC(C)=O)CC/C=C(/C)CCC12. The van der Waals surface area contributed by atoms with Crippen molar-refractivity contribution < 1.29 is 19.1 Å². The van der Waals surface area contributed by atoms with Gasteiger partial charge in [-0.2, -0.15) is 0 Å². The van der Waals surface area contributed by atoms with Crippen LogP contribution in [0.3, 0.4) is 0 Å². The van der Waals surface area contributed by atoms with Crippen molar-refractivity contribution in [3.8, 4) is 0 Å². The van der Waals surface area contributed by atoms with E-state index >= 15 is 0 Å². The largest absolute Gasteiger partial charge is 0.461 e. The van der Waals surface area contributed by atoms with Crippen LogP contribution in [0.5, 0.6) is 0 Å². The molecule has 4 heteroatoms. The average molecular weight is 290 g/mol. The molecule has 2 unspecified atom stereocenters. The van der Waals surface area contributed by atoms with Crippen LogP contribution in [0, 0.1) is 5.92 Å². The molecule has 1 aliphatic heterocycles. The Morgan fingerprint density at radius 1 is 1.48 bits per heavy atom. The molecule has 0 aromatic carbocycles. The number of rotatable bonds is 2. The van der Waals surface area contributed by atoms with Gasteiger partial charge in [0.25, 0.3) is 0 Å². The first kappa shape index (κ1) is 15.5. The minimum absolute atomic E-state index is 0.0197. The summed E-state index contributed by atoms with van der Waals surface area (Å²) in [5.41, 5.74) is 2.86. The summed E-state index contributed by atoms with van der Waals surface area (Å²) in [7, 11) is 0. The Bertz CT molecular complexity index is 513. The molecular weight excluding hydrogens is 268 g/mol. The normalized spacial score (nSPS) is 31.3. The van der Waals surface area contributed by atoms with Gasteiger partial charge in [-0.05, 0) is 44.3 Å². The number of allylic oxidation sites excluding steroid dienone is 2. The third kappa shape index (κ3) is 4.06. The van der Waals surface area contributed by atoms with Crippen LogP contribution >= 0.6 is 0 Å². The molecular formula is C17H22O4. The Morgan fingerprint density at radius 3 is 2.95 bits per heavy atom. The zero-order valence-corrected chi connectivity index (χ0v) is 12.7. The third-order valence-corrected chi connectivity index (χ3v) is 4.02. The minimum Gasteiger partial charge on any atom is -0.461 e. The fraction of sp³-hybridized carbons (Fsp3) is 0.529.